The van der Waals surface area contributed by atoms with Crippen LogP contribution in [-0.4, -0.2) is 46.9 Å². The molecule has 3 nitrogen and oxygen atoms in total. The Balaban J connectivity index is 1.67. The SMILES string of the molecule is CC1N2N=C(c3c(F)cccc3F)C=C(CCCCC3CN3)S12(C)(C)C. The third-order valence-electron chi connectivity index (χ3n) is 6.87. The molecule has 4 rings (SSSR count). The van der Waals surface area contributed by atoms with Gasteiger partial charge >= 0.3 is 0 Å². The van der Waals surface area contributed by atoms with Crippen LogP contribution < -0.4 is 5.32 Å². The Labute approximate surface area is 153 Å². The van der Waals surface area contributed by atoms with Gasteiger partial charge < -0.3 is 5.32 Å². The van der Waals surface area contributed by atoms with Crippen molar-refractivity contribution in [1.82, 2.24) is 9.73 Å². The lowest BCUT2D eigenvalue weighted by Gasteiger charge is -2.58. The number of nitrogens with zero attached hydrogens (tertiary/aromatic N) is 2. The van der Waals surface area contributed by atoms with Crippen molar-refractivity contribution >= 4 is 14.2 Å². The summed E-state index contributed by atoms with van der Waals surface area (Å²) in [6.45, 7) is 3.33. The van der Waals surface area contributed by atoms with E-state index in [1.54, 1.807) is 0 Å². The van der Waals surface area contributed by atoms with Gasteiger partial charge in [-0.2, -0.15) is 13.6 Å². The van der Waals surface area contributed by atoms with Crippen LogP contribution in [0, 0.1) is 11.6 Å². The molecular weight excluding hydrogens is 352 g/mol. The molecule has 0 aliphatic carbocycles. The first kappa shape index (κ1) is 18.0. The molecule has 6 heteroatoms. The molecule has 2 unspecified atom stereocenters. The lowest BCUT2D eigenvalue weighted by molar-refractivity contribution is 0.570. The first-order valence-electron chi connectivity index (χ1n) is 9.37. The summed E-state index contributed by atoms with van der Waals surface area (Å²) in [4.78, 5) is 1.33. The summed E-state index contributed by atoms with van der Waals surface area (Å²) in [6.07, 6.45) is 13.4. The molecule has 0 aromatic heterocycles. The van der Waals surface area contributed by atoms with Gasteiger partial charge in [0.15, 0.2) is 0 Å². The number of fused-ring (bicyclic) bond motifs is 1. The van der Waals surface area contributed by atoms with Crippen molar-refractivity contribution < 1.29 is 8.78 Å². The second-order valence-electron chi connectivity index (χ2n) is 9.35. The van der Waals surface area contributed by atoms with Crippen molar-refractivity contribution in [2.45, 2.75) is 44.0 Å². The Hall–Kier alpha value is -1.40. The number of hydrazone groups is 1. The minimum absolute atomic E-state index is 0.00840. The molecular formula is C20H29F2N3S. The third-order valence-corrected chi connectivity index (χ3v) is 13.9. The van der Waals surface area contributed by atoms with Crippen LogP contribution in [0.25, 0.3) is 0 Å². The fourth-order valence-electron chi connectivity index (χ4n) is 4.25. The Morgan fingerprint density at radius 1 is 1.19 bits per heavy atom. The van der Waals surface area contributed by atoms with Gasteiger partial charge in [-0.15, -0.1) is 0 Å². The zero-order valence-corrected chi connectivity index (χ0v) is 16.9. The zero-order valence-electron chi connectivity index (χ0n) is 16.1. The lowest BCUT2D eigenvalue weighted by Crippen LogP contribution is -2.28. The quantitative estimate of drug-likeness (QED) is 0.584. The number of allylic oxidation sites excluding steroid dienone is 2. The maximum Gasteiger partial charge on any atom is 0.135 e. The molecule has 1 aromatic rings. The molecule has 0 spiro atoms. The highest BCUT2D eigenvalue weighted by molar-refractivity contribution is 8.69. The predicted octanol–water partition coefficient (Wildman–Crippen LogP) is 4.44. The maximum absolute atomic E-state index is 14.3. The molecule has 0 saturated carbocycles. The van der Waals surface area contributed by atoms with E-state index in [-0.39, 0.29) is 5.56 Å². The summed E-state index contributed by atoms with van der Waals surface area (Å²) < 4.78 is 30.8. The van der Waals surface area contributed by atoms with Gasteiger partial charge in [-0.05, 0) is 68.1 Å². The van der Waals surface area contributed by atoms with Crippen molar-refractivity contribution in [2.24, 2.45) is 5.10 Å². The number of nitrogens with one attached hydrogen (secondary N) is 1. The van der Waals surface area contributed by atoms with Gasteiger partial charge in [-0.25, -0.2) is 8.78 Å². The number of unbranched alkanes of at least 4 members (excludes halogenated alkanes) is 1. The fraction of sp³-hybridized carbons (Fsp3) is 0.550. The van der Waals surface area contributed by atoms with E-state index >= 15 is 0 Å². The number of benzene rings is 1. The summed E-state index contributed by atoms with van der Waals surface area (Å²) in [5.74, 6) is -1.10. The highest BCUT2D eigenvalue weighted by Crippen LogP contribution is 3.05. The topological polar surface area (TPSA) is 37.3 Å². The van der Waals surface area contributed by atoms with Crippen molar-refractivity contribution in [3.05, 3.63) is 46.4 Å². The largest absolute Gasteiger partial charge is 0.311 e. The van der Waals surface area contributed by atoms with Crippen molar-refractivity contribution in [3.8, 4) is 0 Å². The number of rotatable bonds is 6. The van der Waals surface area contributed by atoms with Crippen LogP contribution in [0.1, 0.15) is 38.2 Å². The van der Waals surface area contributed by atoms with Crippen LogP contribution in [0.4, 0.5) is 8.78 Å². The van der Waals surface area contributed by atoms with Gasteiger partial charge in [-0.1, -0.05) is 12.5 Å². The van der Waals surface area contributed by atoms with Gasteiger partial charge in [0.05, 0.1) is 16.6 Å². The third kappa shape index (κ3) is 2.38. The molecule has 3 aliphatic rings. The van der Waals surface area contributed by atoms with E-state index < -0.39 is 20.1 Å². The molecule has 3 aliphatic heterocycles. The molecule has 0 bridgehead atoms. The molecule has 1 N–H and O–H groups in total. The monoisotopic (exact) mass is 381 g/mol. The standard InChI is InChI=1S/C20H29F2N3S/c1-14-25-24-19(20-17(21)10-7-11-18(20)22)12-16(26(14,25,2,3)4)9-6-5-8-15-13-23-15/h7,10-12,14-15,23H,5-6,8-9,13H2,1-4H3. The van der Waals surface area contributed by atoms with Crippen molar-refractivity contribution in [3.63, 3.8) is 0 Å². The smallest absolute Gasteiger partial charge is 0.135 e. The normalized spacial score (nSPS) is 32.2. The molecule has 26 heavy (non-hydrogen) atoms. The predicted molar refractivity (Wildman–Crippen MR) is 108 cm³/mol. The summed E-state index contributed by atoms with van der Waals surface area (Å²) in [7, 11) is -2.62. The molecule has 0 amide bonds. The van der Waals surface area contributed by atoms with Crippen LogP contribution in [-0.2, 0) is 0 Å². The van der Waals surface area contributed by atoms with Gasteiger partial charge in [0.2, 0.25) is 0 Å². The second-order valence-corrected chi connectivity index (χ2v) is 17.7. The molecule has 2 fully saturated rings. The Morgan fingerprint density at radius 2 is 1.85 bits per heavy atom. The van der Waals surface area contributed by atoms with E-state index in [9.17, 15) is 8.78 Å². The molecule has 3 heterocycles. The number of hydrogen-bond donors (Lipinski definition) is 1. The summed E-state index contributed by atoms with van der Waals surface area (Å²) in [6, 6.07) is 4.70. The molecule has 2 atom stereocenters. The molecule has 144 valence electrons. The Kier molecular flexibility index (Phi) is 3.53. The van der Waals surface area contributed by atoms with Gasteiger partial charge in [0, 0.05) is 12.6 Å². The number of halogens is 2. The van der Waals surface area contributed by atoms with E-state index in [2.05, 4.69) is 35.4 Å². The van der Waals surface area contributed by atoms with Gasteiger partial charge in [0.1, 0.15) is 11.6 Å². The highest BCUT2D eigenvalue weighted by atomic mass is 32.4. The van der Waals surface area contributed by atoms with E-state index in [0.717, 1.165) is 19.4 Å². The summed E-state index contributed by atoms with van der Waals surface area (Å²) in [5.41, 5.74) is 0.413. The summed E-state index contributed by atoms with van der Waals surface area (Å²) in [5, 5.41) is 8.33. The Bertz CT molecular complexity index is 825. The van der Waals surface area contributed by atoms with Crippen LogP contribution >= 0.6 is 8.48 Å². The van der Waals surface area contributed by atoms with E-state index in [1.165, 1.54) is 35.9 Å². The minimum Gasteiger partial charge on any atom is -0.311 e. The van der Waals surface area contributed by atoms with Crippen molar-refractivity contribution in [1.29, 1.82) is 0 Å². The summed E-state index contributed by atoms with van der Waals surface area (Å²) >= 11 is 0. The highest BCUT2D eigenvalue weighted by Gasteiger charge is 2.76. The van der Waals surface area contributed by atoms with Crippen LogP contribution in [0.5, 0.6) is 0 Å². The van der Waals surface area contributed by atoms with E-state index in [4.69, 9.17) is 5.10 Å². The Morgan fingerprint density at radius 3 is 2.46 bits per heavy atom. The van der Waals surface area contributed by atoms with E-state index in [0.29, 0.717) is 17.1 Å². The average molecular weight is 382 g/mol. The zero-order chi connectivity index (χ0) is 18.8. The van der Waals surface area contributed by atoms with Gasteiger partial charge in [-0.3, -0.25) is 4.41 Å². The number of hydrogen-bond acceptors (Lipinski definition) is 3. The van der Waals surface area contributed by atoms with Crippen LogP contribution in [0.2, 0.25) is 0 Å². The second kappa shape index (κ2) is 5.10. The fourth-order valence-corrected chi connectivity index (χ4v) is 9.48. The molecule has 2 saturated heterocycles. The lowest BCUT2D eigenvalue weighted by atomic mass is 10.1. The van der Waals surface area contributed by atoms with E-state index in [1.807, 2.05) is 6.08 Å². The molecule has 1 aromatic carbocycles. The van der Waals surface area contributed by atoms with Crippen LogP contribution in [0.15, 0.2) is 34.3 Å². The maximum atomic E-state index is 14.3. The van der Waals surface area contributed by atoms with Crippen LogP contribution in [0.3, 0.4) is 0 Å². The molecule has 0 radical (unpaired) electrons. The first-order chi connectivity index (χ1) is 12.1. The minimum atomic E-state index is -2.62. The average Bonchev–Trinajstić information content (AvgIpc) is 3.43. The first-order valence-corrected chi connectivity index (χ1v) is 13.1. The van der Waals surface area contributed by atoms with Crippen molar-refractivity contribution in [2.75, 3.05) is 25.3 Å². The van der Waals surface area contributed by atoms with Gasteiger partial charge in [0.25, 0.3) is 0 Å².